The van der Waals surface area contributed by atoms with E-state index in [4.69, 9.17) is 23.4 Å². The van der Waals surface area contributed by atoms with Crippen molar-refractivity contribution in [3.63, 3.8) is 0 Å². The summed E-state index contributed by atoms with van der Waals surface area (Å²) in [5.74, 6) is 3.33. The molecule has 2 aromatic rings. The maximum absolute atomic E-state index is 6.58. The molecule has 4 rings (SSSR count). The molecule has 0 saturated carbocycles. The Morgan fingerprint density at radius 2 is 1.08 bits per heavy atom. The minimum Gasteiger partial charge on any atom is -0.496 e. The minimum atomic E-state index is 0.661. The summed E-state index contributed by atoms with van der Waals surface area (Å²) >= 11 is 0. The van der Waals surface area contributed by atoms with Gasteiger partial charge < -0.3 is 33.2 Å². The predicted octanol–water partition coefficient (Wildman–Crippen LogP) is 4.40. The van der Waals surface area contributed by atoms with Gasteiger partial charge in [0.1, 0.15) is 48.4 Å². The molecule has 196 valence electrons. The number of hydrogen-bond donors (Lipinski definition) is 0. The van der Waals surface area contributed by atoms with E-state index in [-0.39, 0.29) is 0 Å². The zero-order chi connectivity index (χ0) is 27.0. The van der Waals surface area contributed by atoms with Crippen molar-refractivity contribution in [3.05, 3.63) is 41.8 Å². The van der Waals surface area contributed by atoms with Crippen molar-refractivity contribution in [1.82, 2.24) is 4.58 Å². The van der Waals surface area contributed by atoms with Crippen molar-refractivity contribution < 1.29 is 23.4 Å². The fourth-order valence-corrected chi connectivity index (χ4v) is 4.54. The van der Waals surface area contributed by atoms with Gasteiger partial charge in [-0.3, -0.25) is 0 Å². The molecular formula is C29H36N3O5+. The number of fused-ring (bicyclic) bond motifs is 2. The Labute approximate surface area is 218 Å². The van der Waals surface area contributed by atoms with Gasteiger partial charge in [0.2, 0.25) is 5.36 Å². The van der Waals surface area contributed by atoms with Gasteiger partial charge in [-0.05, 0) is 0 Å². The lowest BCUT2D eigenvalue weighted by Gasteiger charge is -2.24. The number of anilines is 2. The van der Waals surface area contributed by atoms with Crippen LogP contribution < -0.4 is 38.7 Å². The molecule has 0 atom stereocenters. The Balaban J connectivity index is 2.35. The lowest BCUT2D eigenvalue weighted by Crippen LogP contribution is -2.22. The molecule has 0 unspecified atom stereocenters. The molecule has 0 aromatic heterocycles. The third-order valence-corrected chi connectivity index (χ3v) is 6.55. The molecule has 0 bridgehead atoms. The maximum atomic E-state index is 6.58. The first kappa shape index (κ1) is 26.0. The molecule has 0 saturated heterocycles. The number of nitrogens with zero attached hydrogens (tertiary/aromatic N) is 3. The summed E-state index contributed by atoms with van der Waals surface area (Å²) in [5.41, 5.74) is 5.01. The smallest absolute Gasteiger partial charge is 0.206 e. The first-order valence-corrected chi connectivity index (χ1v) is 11.9. The van der Waals surface area contributed by atoms with Gasteiger partial charge in [0.15, 0.2) is 0 Å². The third kappa shape index (κ3) is 4.48. The highest BCUT2D eigenvalue weighted by molar-refractivity contribution is 6.09. The van der Waals surface area contributed by atoms with E-state index in [1.54, 1.807) is 28.4 Å². The second-order valence-corrected chi connectivity index (χ2v) is 9.43. The zero-order valence-electron chi connectivity index (χ0n) is 23.3. The van der Waals surface area contributed by atoms with E-state index in [0.29, 0.717) is 34.3 Å². The zero-order valence-corrected chi connectivity index (χ0v) is 23.3. The molecular weight excluding hydrogens is 470 g/mol. The van der Waals surface area contributed by atoms with E-state index in [9.17, 15) is 0 Å². The molecule has 0 radical (unpaired) electrons. The van der Waals surface area contributed by atoms with Crippen molar-refractivity contribution >= 4 is 22.3 Å². The Bertz CT molecular complexity index is 1470. The lowest BCUT2D eigenvalue weighted by molar-refractivity contribution is 0.397. The van der Waals surface area contributed by atoms with Gasteiger partial charge in [-0.15, -0.1) is 0 Å². The molecule has 2 aromatic carbocycles. The third-order valence-electron chi connectivity index (χ3n) is 6.55. The van der Waals surface area contributed by atoms with Gasteiger partial charge in [0.05, 0.1) is 57.1 Å². The molecule has 1 aliphatic carbocycles. The van der Waals surface area contributed by atoms with E-state index in [1.165, 1.54) is 0 Å². The Kier molecular flexibility index (Phi) is 7.12. The van der Waals surface area contributed by atoms with Crippen LogP contribution in [0.25, 0.3) is 33.4 Å². The summed E-state index contributed by atoms with van der Waals surface area (Å²) in [6.45, 7) is 0. The summed E-state index contributed by atoms with van der Waals surface area (Å²) in [7, 11) is 18.6. The van der Waals surface area contributed by atoms with Gasteiger partial charge in [0.25, 0.3) is 0 Å². The van der Waals surface area contributed by atoms with Crippen LogP contribution in [0.15, 0.2) is 40.8 Å². The number of rotatable bonds is 7. The van der Waals surface area contributed by atoms with Gasteiger partial charge in [0, 0.05) is 69.4 Å². The highest BCUT2D eigenvalue weighted by Gasteiger charge is 2.30. The highest BCUT2D eigenvalue weighted by atomic mass is 16.5. The number of methoxy groups -OCH3 is 4. The second kappa shape index (κ2) is 10.1. The SMILES string of the molecule is COc1cc(N(C)C)cc(OC)c1-c1c2c(OC)cc(=[N+](C)C)cc-2oc2cc(N(C)C)cc(OC)c12. The van der Waals surface area contributed by atoms with Crippen LogP contribution in [0.5, 0.6) is 23.0 Å². The van der Waals surface area contributed by atoms with Crippen molar-refractivity contribution in [2.75, 3.05) is 80.5 Å². The van der Waals surface area contributed by atoms with Crippen molar-refractivity contribution in [1.29, 1.82) is 0 Å². The largest absolute Gasteiger partial charge is 0.496 e. The first-order valence-electron chi connectivity index (χ1n) is 11.9. The van der Waals surface area contributed by atoms with E-state index < -0.39 is 0 Å². The molecule has 0 spiro atoms. The standard InChI is InChI=1S/C29H36N3O5/c1-30(2)17-11-20(33-7)26(21(12-17)34-8)29-27-22(35-9)13-18(31(3)4)15-24(27)37-25-16-19(32(5)6)14-23(36-10)28(25)29/h11-16H,1-10H3/q+1. The molecule has 0 N–H and O–H groups in total. The van der Waals surface area contributed by atoms with Crippen LogP contribution >= 0.6 is 0 Å². The minimum absolute atomic E-state index is 0.661. The maximum Gasteiger partial charge on any atom is 0.206 e. The van der Waals surface area contributed by atoms with E-state index >= 15 is 0 Å². The normalized spacial score (nSPS) is 11.0. The fraction of sp³-hybridized carbons (Fsp3) is 0.345. The topological polar surface area (TPSA) is 59.6 Å². The van der Waals surface area contributed by atoms with Crippen LogP contribution in [0.2, 0.25) is 0 Å². The summed E-state index contributed by atoms with van der Waals surface area (Å²) in [4.78, 5) is 4.03. The van der Waals surface area contributed by atoms with Gasteiger partial charge in [-0.25, -0.2) is 4.58 Å². The van der Waals surface area contributed by atoms with Crippen LogP contribution in [0.3, 0.4) is 0 Å². The van der Waals surface area contributed by atoms with Gasteiger partial charge >= 0.3 is 0 Å². The van der Waals surface area contributed by atoms with E-state index in [1.807, 2.05) is 93.1 Å². The fourth-order valence-electron chi connectivity index (χ4n) is 4.54. The predicted molar refractivity (Wildman–Crippen MR) is 150 cm³/mol. The monoisotopic (exact) mass is 506 g/mol. The van der Waals surface area contributed by atoms with Crippen LogP contribution in [0, 0.1) is 0 Å². The van der Waals surface area contributed by atoms with Crippen LogP contribution in [0.4, 0.5) is 11.4 Å². The van der Waals surface area contributed by atoms with E-state index in [0.717, 1.165) is 38.8 Å². The number of ether oxygens (including phenoxy) is 4. The van der Waals surface area contributed by atoms with Crippen molar-refractivity contribution in [3.8, 4) is 45.4 Å². The molecule has 2 aliphatic rings. The Hall–Kier alpha value is -4.07. The molecule has 8 nitrogen and oxygen atoms in total. The summed E-state index contributed by atoms with van der Waals surface area (Å²) < 4.78 is 32.4. The van der Waals surface area contributed by atoms with E-state index in [2.05, 4.69) is 0 Å². The first-order chi connectivity index (χ1) is 17.6. The molecule has 1 aliphatic heterocycles. The molecule has 8 heteroatoms. The van der Waals surface area contributed by atoms with Crippen LogP contribution in [-0.2, 0) is 0 Å². The molecule has 1 heterocycles. The highest BCUT2D eigenvalue weighted by Crippen LogP contribution is 2.53. The average molecular weight is 507 g/mol. The summed E-state index contributed by atoms with van der Waals surface area (Å²) in [5, 5.41) is 1.75. The Morgan fingerprint density at radius 1 is 0.595 bits per heavy atom. The molecule has 37 heavy (non-hydrogen) atoms. The Morgan fingerprint density at radius 3 is 1.57 bits per heavy atom. The van der Waals surface area contributed by atoms with Crippen LogP contribution in [-0.4, -0.2) is 70.7 Å². The quantitative estimate of drug-likeness (QED) is 0.272. The number of benzene rings is 3. The average Bonchev–Trinajstić information content (AvgIpc) is 2.89. The van der Waals surface area contributed by atoms with Crippen LogP contribution in [0.1, 0.15) is 0 Å². The molecule has 0 fully saturated rings. The van der Waals surface area contributed by atoms with Gasteiger partial charge in [-0.1, -0.05) is 0 Å². The number of hydrogen-bond acceptors (Lipinski definition) is 7. The summed E-state index contributed by atoms with van der Waals surface area (Å²) in [6.07, 6.45) is 0. The summed E-state index contributed by atoms with van der Waals surface area (Å²) in [6, 6.07) is 12.0. The molecule has 0 amide bonds. The second-order valence-electron chi connectivity index (χ2n) is 9.43. The van der Waals surface area contributed by atoms with Gasteiger partial charge in [-0.2, -0.15) is 0 Å². The van der Waals surface area contributed by atoms with Crippen molar-refractivity contribution in [2.24, 2.45) is 0 Å². The lowest BCUT2D eigenvalue weighted by atomic mass is 9.90. The van der Waals surface area contributed by atoms with Crippen molar-refractivity contribution in [2.45, 2.75) is 0 Å².